The van der Waals surface area contributed by atoms with E-state index >= 15 is 0 Å². The number of halogens is 3. The first-order chi connectivity index (χ1) is 7.91. The maximum atomic E-state index is 12.3. The van der Waals surface area contributed by atoms with Gasteiger partial charge in [-0.15, -0.1) is 0 Å². The van der Waals surface area contributed by atoms with E-state index in [1.165, 1.54) is 6.92 Å². The number of Topliss-reactive ketones (excluding diaryl/α,β-unsaturated/α-hetero) is 1. The first-order valence-electron chi connectivity index (χ1n) is 5.75. The summed E-state index contributed by atoms with van der Waals surface area (Å²) in [5, 5.41) is 0. The van der Waals surface area contributed by atoms with Gasteiger partial charge in [-0.1, -0.05) is 20.8 Å². The third-order valence-electron chi connectivity index (χ3n) is 2.23. The van der Waals surface area contributed by atoms with Crippen LogP contribution in [0.4, 0.5) is 13.2 Å². The van der Waals surface area contributed by atoms with E-state index in [9.17, 15) is 22.8 Å². The lowest BCUT2D eigenvalue weighted by Crippen LogP contribution is -2.41. The fourth-order valence-corrected chi connectivity index (χ4v) is 1.36. The molecule has 0 spiro atoms. The molecule has 0 atom stereocenters. The maximum absolute atomic E-state index is 12.3. The highest BCUT2D eigenvalue weighted by atomic mass is 19.4. The number of ketones is 1. The topological polar surface area (TPSA) is 37.4 Å². The lowest BCUT2D eigenvalue weighted by atomic mass is 9.90. The first kappa shape index (κ1) is 16.9. The Labute approximate surface area is 105 Å². The normalized spacial score (nSPS) is 12.4. The van der Waals surface area contributed by atoms with Crippen LogP contribution < -0.4 is 0 Å². The summed E-state index contributed by atoms with van der Waals surface area (Å²) in [5.41, 5.74) is -0.129. The van der Waals surface area contributed by atoms with Crippen molar-refractivity contribution in [3.63, 3.8) is 0 Å². The van der Waals surface area contributed by atoms with Gasteiger partial charge in [0.2, 0.25) is 5.91 Å². The summed E-state index contributed by atoms with van der Waals surface area (Å²) < 4.78 is 36.9. The molecule has 0 bridgehead atoms. The summed E-state index contributed by atoms with van der Waals surface area (Å²) in [7, 11) is 0. The highest BCUT2D eigenvalue weighted by Crippen LogP contribution is 2.22. The van der Waals surface area contributed by atoms with Crippen LogP contribution in [0.5, 0.6) is 0 Å². The summed E-state index contributed by atoms with van der Waals surface area (Å²) in [4.78, 5) is 23.1. The Morgan fingerprint density at radius 3 is 1.94 bits per heavy atom. The highest BCUT2D eigenvalue weighted by molar-refractivity contribution is 5.84. The minimum atomic E-state index is -4.48. The first-order valence-corrected chi connectivity index (χ1v) is 5.75. The molecule has 0 aromatic carbocycles. The molecule has 0 radical (unpaired) electrons. The van der Waals surface area contributed by atoms with Crippen molar-refractivity contribution in [1.82, 2.24) is 4.90 Å². The number of alkyl halides is 3. The van der Waals surface area contributed by atoms with Crippen LogP contribution in [0.3, 0.4) is 0 Å². The van der Waals surface area contributed by atoms with Gasteiger partial charge in [0.15, 0.2) is 0 Å². The van der Waals surface area contributed by atoms with Crippen LogP contribution in [-0.4, -0.2) is 35.9 Å². The van der Waals surface area contributed by atoms with Crippen LogP contribution in [0.15, 0.2) is 0 Å². The van der Waals surface area contributed by atoms with Crippen LogP contribution in [0.1, 0.15) is 40.5 Å². The van der Waals surface area contributed by atoms with Crippen LogP contribution in [0.2, 0.25) is 0 Å². The third-order valence-corrected chi connectivity index (χ3v) is 2.23. The maximum Gasteiger partial charge on any atom is 0.406 e. The van der Waals surface area contributed by atoms with Gasteiger partial charge in [-0.2, -0.15) is 13.2 Å². The molecule has 0 aromatic rings. The molecule has 0 aliphatic carbocycles. The summed E-state index contributed by atoms with van der Waals surface area (Å²) in [6.45, 7) is 5.02. The van der Waals surface area contributed by atoms with E-state index in [2.05, 4.69) is 0 Å². The number of carbonyl (C=O) groups is 2. The number of carbonyl (C=O) groups excluding carboxylic acids is 2. The molecule has 0 heterocycles. The van der Waals surface area contributed by atoms with Crippen LogP contribution in [-0.2, 0) is 9.59 Å². The summed E-state index contributed by atoms with van der Waals surface area (Å²) in [5.74, 6) is -1.08. The second kappa shape index (κ2) is 6.20. The average molecular weight is 267 g/mol. The van der Waals surface area contributed by atoms with Crippen molar-refractivity contribution in [2.75, 3.05) is 13.1 Å². The standard InChI is InChI=1S/C12H20F3NO2/c1-9(17)7-16(8-12(13,14)15)10(18)5-6-11(2,3)4/h5-8H2,1-4H3. The second-order valence-corrected chi connectivity index (χ2v) is 5.63. The highest BCUT2D eigenvalue weighted by Gasteiger charge is 2.33. The smallest absolute Gasteiger partial charge is 0.326 e. The third kappa shape index (κ3) is 9.01. The summed E-state index contributed by atoms with van der Waals surface area (Å²) >= 11 is 0. The van der Waals surface area contributed by atoms with Crippen molar-refractivity contribution in [2.24, 2.45) is 5.41 Å². The predicted molar refractivity (Wildman–Crippen MR) is 62.0 cm³/mol. The van der Waals surface area contributed by atoms with Crippen molar-refractivity contribution >= 4 is 11.7 Å². The zero-order chi connectivity index (χ0) is 14.6. The van der Waals surface area contributed by atoms with Gasteiger partial charge in [-0.25, -0.2) is 0 Å². The van der Waals surface area contributed by atoms with Crippen LogP contribution in [0, 0.1) is 5.41 Å². The SMILES string of the molecule is CC(=O)CN(CC(F)(F)F)C(=O)CCC(C)(C)C. The minimum absolute atomic E-state index is 0.0207. The van der Waals surface area contributed by atoms with Gasteiger partial charge >= 0.3 is 6.18 Å². The predicted octanol–water partition coefficient (Wildman–Crippen LogP) is 2.79. The van der Waals surface area contributed by atoms with Crippen molar-refractivity contribution < 1.29 is 22.8 Å². The van der Waals surface area contributed by atoms with Gasteiger partial charge in [-0.3, -0.25) is 9.59 Å². The Balaban J connectivity index is 4.55. The Kier molecular flexibility index (Phi) is 5.83. The zero-order valence-electron chi connectivity index (χ0n) is 11.2. The van der Waals surface area contributed by atoms with E-state index in [-0.39, 0.29) is 11.8 Å². The molecule has 18 heavy (non-hydrogen) atoms. The van der Waals surface area contributed by atoms with Gasteiger partial charge in [0, 0.05) is 6.42 Å². The lowest BCUT2D eigenvalue weighted by molar-refractivity contribution is -0.162. The van der Waals surface area contributed by atoms with Crippen LogP contribution >= 0.6 is 0 Å². The van der Waals surface area contributed by atoms with Gasteiger partial charge in [-0.05, 0) is 18.8 Å². The molecule has 0 aromatic heterocycles. The minimum Gasteiger partial charge on any atom is -0.326 e. The number of hydrogen-bond donors (Lipinski definition) is 0. The van der Waals surface area contributed by atoms with E-state index in [1.807, 2.05) is 20.8 Å². The average Bonchev–Trinajstić information content (AvgIpc) is 2.08. The van der Waals surface area contributed by atoms with Crippen molar-refractivity contribution in [2.45, 2.75) is 46.7 Å². The number of nitrogens with zero attached hydrogens (tertiary/aromatic N) is 1. The molecule has 0 saturated heterocycles. The van der Waals surface area contributed by atoms with Gasteiger partial charge in [0.05, 0.1) is 6.54 Å². The molecule has 6 heteroatoms. The molecule has 0 aliphatic rings. The Hall–Kier alpha value is -1.07. The van der Waals surface area contributed by atoms with Crippen LogP contribution in [0.25, 0.3) is 0 Å². The van der Waals surface area contributed by atoms with E-state index in [0.717, 1.165) is 0 Å². The van der Waals surface area contributed by atoms with E-state index in [4.69, 9.17) is 0 Å². The molecule has 0 aliphatic heterocycles. The quantitative estimate of drug-likeness (QED) is 0.768. The van der Waals surface area contributed by atoms with Crippen molar-refractivity contribution in [3.8, 4) is 0 Å². The molecule has 0 N–H and O–H groups in total. The Morgan fingerprint density at radius 1 is 1.11 bits per heavy atom. The monoisotopic (exact) mass is 267 g/mol. The molecule has 0 rings (SSSR count). The molecular weight excluding hydrogens is 247 g/mol. The number of hydrogen-bond acceptors (Lipinski definition) is 2. The molecule has 0 fully saturated rings. The van der Waals surface area contributed by atoms with E-state index < -0.39 is 31.0 Å². The Morgan fingerprint density at radius 2 is 1.61 bits per heavy atom. The lowest BCUT2D eigenvalue weighted by Gasteiger charge is -2.25. The molecule has 0 unspecified atom stereocenters. The summed E-state index contributed by atoms with van der Waals surface area (Å²) in [6.07, 6.45) is -3.97. The largest absolute Gasteiger partial charge is 0.406 e. The van der Waals surface area contributed by atoms with Gasteiger partial charge in [0.1, 0.15) is 12.3 Å². The fourth-order valence-electron chi connectivity index (χ4n) is 1.36. The molecule has 1 amide bonds. The van der Waals surface area contributed by atoms with Gasteiger partial charge < -0.3 is 4.90 Å². The van der Waals surface area contributed by atoms with Gasteiger partial charge in [0.25, 0.3) is 0 Å². The molecule has 106 valence electrons. The second-order valence-electron chi connectivity index (χ2n) is 5.63. The molecule has 0 saturated carbocycles. The molecular formula is C12H20F3NO2. The number of rotatable bonds is 5. The van der Waals surface area contributed by atoms with Crippen molar-refractivity contribution in [3.05, 3.63) is 0 Å². The zero-order valence-corrected chi connectivity index (χ0v) is 11.2. The number of amides is 1. The van der Waals surface area contributed by atoms with E-state index in [1.54, 1.807) is 0 Å². The summed E-state index contributed by atoms with van der Waals surface area (Å²) in [6, 6.07) is 0. The molecule has 3 nitrogen and oxygen atoms in total. The fraction of sp³-hybridized carbons (Fsp3) is 0.833. The van der Waals surface area contributed by atoms with E-state index in [0.29, 0.717) is 11.3 Å². The van der Waals surface area contributed by atoms with Crippen molar-refractivity contribution in [1.29, 1.82) is 0 Å². The Bertz CT molecular complexity index is 305.